The van der Waals surface area contributed by atoms with E-state index in [9.17, 15) is 15.2 Å². The number of allylic oxidation sites excluding steroid dienone is 1. The molecule has 0 amide bonds. The Bertz CT molecular complexity index is 661. The maximum Gasteiger partial charge on any atom is 0.138 e. The quantitative estimate of drug-likeness (QED) is 0.725. The maximum absolute atomic E-state index is 12.8. The van der Waals surface area contributed by atoms with Crippen molar-refractivity contribution in [2.24, 2.45) is 40.4 Å². The van der Waals surface area contributed by atoms with Crippen molar-refractivity contribution in [3.05, 3.63) is 11.6 Å². The summed E-state index contributed by atoms with van der Waals surface area (Å²) in [6, 6.07) is 2.36. The molecule has 4 aliphatic carbocycles. The average Bonchev–Trinajstić information content (AvgIpc) is 2.85. The first-order valence-electron chi connectivity index (χ1n) is 10.1. The van der Waals surface area contributed by atoms with Gasteiger partial charge in [-0.3, -0.25) is 4.79 Å². The summed E-state index contributed by atoms with van der Waals surface area (Å²) >= 11 is 0. The van der Waals surface area contributed by atoms with Crippen LogP contribution in [-0.2, 0) is 4.79 Å². The van der Waals surface area contributed by atoms with Crippen LogP contribution in [0.15, 0.2) is 11.6 Å². The second-order valence-corrected chi connectivity index (χ2v) is 9.77. The van der Waals surface area contributed by atoms with Crippen molar-refractivity contribution in [3.63, 3.8) is 0 Å². The molecule has 0 bridgehead atoms. The molecule has 4 rings (SSSR count). The van der Waals surface area contributed by atoms with Crippen molar-refractivity contribution in [1.82, 2.24) is 0 Å². The molecule has 4 aliphatic rings. The molecular formula is C22H31NO2. The number of aliphatic hydroxyl groups excluding tert-OH is 1. The fraction of sp³-hybridized carbons (Fsp3) is 0.818. The molecule has 0 aromatic heterocycles. The fourth-order valence-electron chi connectivity index (χ4n) is 7.40. The zero-order chi connectivity index (χ0) is 18.0. The normalized spacial score (nSPS) is 50.1. The lowest BCUT2D eigenvalue weighted by atomic mass is 9.47. The molecule has 0 aromatic carbocycles. The molecule has 0 radical (unpaired) electrons. The Labute approximate surface area is 151 Å². The summed E-state index contributed by atoms with van der Waals surface area (Å²) in [7, 11) is 0. The maximum atomic E-state index is 12.8. The van der Waals surface area contributed by atoms with Gasteiger partial charge in [-0.05, 0) is 74.0 Å². The molecule has 3 heteroatoms. The predicted octanol–water partition coefficient (Wildman–Crippen LogP) is 4.26. The summed E-state index contributed by atoms with van der Waals surface area (Å²) in [4.78, 5) is 12.8. The Morgan fingerprint density at radius 1 is 1.24 bits per heavy atom. The van der Waals surface area contributed by atoms with Crippen molar-refractivity contribution in [2.75, 3.05) is 0 Å². The van der Waals surface area contributed by atoms with Gasteiger partial charge in [-0.25, -0.2) is 0 Å². The molecule has 3 fully saturated rings. The molecule has 1 N–H and O–H groups in total. The molecule has 3 nitrogen and oxygen atoms in total. The number of nitriles is 1. The molecular weight excluding hydrogens is 310 g/mol. The average molecular weight is 341 g/mol. The SMILES string of the molecule is C[C@H](C#N)[C@H]1C(=O)C[C@H]2[C@@H]3CC=C4C[C@@H](O)CCC4(C)[C@H]3CC[C@]12C. The number of Topliss-reactive ketones (excluding diaryl/α,β-unsaturated/α-hetero) is 1. The molecule has 1 unspecified atom stereocenters. The van der Waals surface area contributed by atoms with Crippen molar-refractivity contribution in [1.29, 1.82) is 5.26 Å². The number of ketones is 1. The summed E-state index contributed by atoms with van der Waals surface area (Å²) in [6.45, 7) is 6.64. The van der Waals surface area contributed by atoms with Gasteiger partial charge >= 0.3 is 0 Å². The van der Waals surface area contributed by atoms with E-state index in [1.54, 1.807) is 0 Å². The zero-order valence-corrected chi connectivity index (χ0v) is 15.8. The topological polar surface area (TPSA) is 61.1 Å². The third-order valence-electron chi connectivity index (χ3n) is 8.70. The van der Waals surface area contributed by atoms with Gasteiger partial charge in [0.25, 0.3) is 0 Å². The Morgan fingerprint density at radius 2 is 2.00 bits per heavy atom. The molecule has 0 spiro atoms. The summed E-state index contributed by atoms with van der Waals surface area (Å²) in [5, 5.41) is 19.5. The van der Waals surface area contributed by atoms with E-state index in [1.165, 1.54) is 12.0 Å². The van der Waals surface area contributed by atoms with Gasteiger partial charge in [-0.15, -0.1) is 0 Å². The summed E-state index contributed by atoms with van der Waals surface area (Å²) < 4.78 is 0. The molecule has 0 heterocycles. The highest BCUT2D eigenvalue weighted by Gasteiger charge is 2.61. The van der Waals surface area contributed by atoms with Gasteiger partial charge in [0.2, 0.25) is 0 Å². The third-order valence-corrected chi connectivity index (χ3v) is 8.70. The van der Waals surface area contributed by atoms with E-state index in [0.717, 1.165) is 32.1 Å². The van der Waals surface area contributed by atoms with Crippen LogP contribution in [0.4, 0.5) is 0 Å². The van der Waals surface area contributed by atoms with Crippen LogP contribution >= 0.6 is 0 Å². The number of nitrogens with zero attached hydrogens (tertiary/aromatic N) is 1. The molecule has 136 valence electrons. The van der Waals surface area contributed by atoms with Gasteiger partial charge in [0.15, 0.2) is 0 Å². The molecule has 0 saturated heterocycles. The molecule has 0 aromatic rings. The van der Waals surface area contributed by atoms with Crippen LogP contribution in [0.5, 0.6) is 0 Å². The largest absolute Gasteiger partial charge is 0.393 e. The number of fused-ring (bicyclic) bond motifs is 5. The number of hydrogen-bond acceptors (Lipinski definition) is 3. The minimum atomic E-state index is -0.172. The Balaban J connectivity index is 1.68. The van der Waals surface area contributed by atoms with E-state index in [4.69, 9.17) is 0 Å². The van der Waals surface area contributed by atoms with Crippen molar-refractivity contribution < 1.29 is 9.90 Å². The number of carbonyl (C=O) groups excluding carboxylic acids is 1. The highest BCUT2D eigenvalue weighted by molar-refractivity contribution is 5.85. The van der Waals surface area contributed by atoms with Crippen LogP contribution in [-0.4, -0.2) is 17.0 Å². The molecule has 3 saturated carbocycles. The Morgan fingerprint density at radius 3 is 2.72 bits per heavy atom. The minimum absolute atomic E-state index is 0.00325. The minimum Gasteiger partial charge on any atom is -0.393 e. The standard InChI is InChI=1S/C22H31NO2/c1-13(12-23)20-19(25)11-18-16-5-4-14-10-15(24)6-8-21(14,2)17(16)7-9-22(18,20)3/h4,13,15-18,20,24H,5-11H2,1-3H3/t13-,15+,16-,17+,18+,20+,21?,22+/m1/s1. The van der Waals surface area contributed by atoms with Gasteiger partial charge in [-0.2, -0.15) is 5.26 Å². The first-order chi connectivity index (χ1) is 11.8. The molecule has 0 aliphatic heterocycles. The van der Waals surface area contributed by atoms with E-state index < -0.39 is 0 Å². The Hall–Kier alpha value is -1.14. The lowest BCUT2D eigenvalue weighted by molar-refractivity contribution is -0.123. The van der Waals surface area contributed by atoms with Crippen LogP contribution in [0.3, 0.4) is 0 Å². The number of hydrogen-bond donors (Lipinski definition) is 1. The summed E-state index contributed by atoms with van der Waals surface area (Å²) in [5.74, 6) is 1.73. The number of rotatable bonds is 1. The van der Waals surface area contributed by atoms with Crippen LogP contribution in [0.2, 0.25) is 0 Å². The number of aliphatic hydroxyl groups is 1. The lowest BCUT2D eigenvalue weighted by Crippen LogP contribution is -2.50. The number of carbonyl (C=O) groups is 1. The zero-order valence-electron chi connectivity index (χ0n) is 15.8. The van der Waals surface area contributed by atoms with Crippen LogP contribution in [0.25, 0.3) is 0 Å². The summed E-state index contributed by atoms with van der Waals surface area (Å²) in [5.41, 5.74) is 1.69. The van der Waals surface area contributed by atoms with Crippen molar-refractivity contribution >= 4 is 5.78 Å². The highest BCUT2D eigenvalue weighted by atomic mass is 16.3. The van der Waals surface area contributed by atoms with E-state index in [1.807, 2.05) is 6.92 Å². The fourth-order valence-corrected chi connectivity index (χ4v) is 7.40. The highest BCUT2D eigenvalue weighted by Crippen LogP contribution is 2.66. The van der Waals surface area contributed by atoms with Gasteiger partial charge in [0, 0.05) is 12.3 Å². The first-order valence-corrected chi connectivity index (χ1v) is 10.1. The Kier molecular flexibility index (Phi) is 3.93. The van der Waals surface area contributed by atoms with E-state index in [0.29, 0.717) is 30.0 Å². The van der Waals surface area contributed by atoms with E-state index in [-0.39, 0.29) is 28.8 Å². The molecule has 25 heavy (non-hydrogen) atoms. The smallest absolute Gasteiger partial charge is 0.138 e. The van der Waals surface area contributed by atoms with Crippen LogP contribution < -0.4 is 0 Å². The lowest BCUT2D eigenvalue weighted by Gasteiger charge is -2.57. The van der Waals surface area contributed by atoms with Gasteiger partial charge < -0.3 is 5.11 Å². The van der Waals surface area contributed by atoms with Crippen LogP contribution in [0.1, 0.15) is 65.7 Å². The van der Waals surface area contributed by atoms with Crippen molar-refractivity contribution in [3.8, 4) is 6.07 Å². The molecule has 8 atom stereocenters. The van der Waals surface area contributed by atoms with E-state index in [2.05, 4.69) is 26.0 Å². The monoisotopic (exact) mass is 341 g/mol. The van der Waals surface area contributed by atoms with E-state index >= 15 is 0 Å². The predicted molar refractivity (Wildman–Crippen MR) is 96.4 cm³/mol. The van der Waals surface area contributed by atoms with Gasteiger partial charge in [-0.1, -0.05) is 25.5 Å². The third kappa shape index (κ3) is 2.29. The van der Waals surface area contributed by atoms with Crippen molar-refractivity contribution in [2.45, 2.75) is 71.8 Å². The second-order valence-electron chi connectivity index (χ2n) is 9.77. The second kappa shape index (κ2) is 5.68. The van der Waals surface area contributed by atoms with Crippen LogP contribution in [0, 0.1) is 51.8 Å². The first kappa shape index (κ1) is 17.3. The van der Waals surface area contributed by atoms with Gasteiger partial charge in [0.1, 0.15) is 5.78 Å². The van der Waals surface area contributed by atoms with Gasteiger partial charge in [0.05, 0.1) is 18.1 Å². The summed E-state index contributed by atoms with van der Waals surface area (Å²) in [6.07, 6.45) is 9.05.